The quantitative estimate of drug-likeness (QED) is 0.738. The van der Waals surface area contributed by atoms with Crippen molar-refractivity contribution in [3.8, 4) is 11.8 Å². The Balaban J connectivity index is 1.43. The first-order valence-corrected chi connectivity index (χ1v) is 12.0. The molecule has 1 N–H and O–H groups in total. The van der Waals surface area contributed by atoms with E-state index < -0.39 is 5.60 Å². The third kappa shape index (κ3) is 4.54. The normalized spacial score (nSPS) is 29.1. The van der Waals surface area contributed by atoms with Gasteiger partial charge in [0, 0.05) is 44.1 Å². The van der Waals surface area contributed by atoms with Crippen LogP contribution in [0.5, 0.6) is 0 Å². The average molecular weight is 432 g/mol. The molecule has 32 heavy (non-hydrogen) atoms. The summed E-state index contributed by atoms with van der Waals surface area (Å²) < 4.78 is 5.82. The first-order chi connectivity index (χ1) is 15.6. The number of rotatable bonds is 5. The number of anilines is 1. The lowest BCUT2D eigenvalue weighted by atomic mass is 9.75. The van der Waals surface area contributed by atoms with Crippen LogP contribution in [-0.4, -0.2) is 66.0 Å². The van der Waals surface area contributed by atoms with Crippen molar-refractivity contribution < 1.29 is 9.84 Å². The van der Waals surface area contributed by atoms with Crippen LogP contribution in [0.15, 0.2) is 42.5 Å². The van der Waals surface area contributed by atoms with Crippen LogP contribution in [0.4, 0.5) is 5.82 Å². The van der Waals surface area contributed by atoms with E-state index >= 15 is 0 Å². The minimum absolute atomic E-state index is 0.282. The Morgan fingerprint density at radius 1 is 1.09 bits per heavy atom. The van der Waals surface area contributed by atoms with E-state index in [0.29, 0.717) is 6.54 Å². The van der Waals surface area contributed by atoms with E-state index in [1.807, 2.05) is 6.07 Å². The Hall–Kier alpha value is -2.39. The van der Waals surface area contributed by atoms with Gasteiger partial charge >= 0.3 is 0 Å². The molecule has 4 aliphatic rings. The summed E-state index contributed by atoms with van der Waals surface area (Å²) in [5.41, 5.74) is 2.21. The van der Waals surface area contributed by atoms with Crippen molar-refractivity contribution in [2.75, 3.05) is 44.2 Å². The van der Waals surface area contributed by atoms with E-state index in [1.165, 1.54) is 5.56 Å². The van der Waals surface area contributed by atoms with Crippen LogP contribution in [0.1, 0.15) is 43.0 Å². The van der Waals surface area contributed by atoms with E-state index in [0.717, 1.165) is 75.5 Å². The molecule has 2 atom stereocenters. The maximum atomic E-state index is 11.3. The van der Waals surface area contributed by atoms with Crippen molar-refractivity contribution in [2.45, 2.75) is 44.3 Å². The molecule has 6 rings (SSSR count). The lowest BCUT2D eigenvalue weighted by Crippen LogP contribution is -2.58. The van der Waals surface area contributed by atoms with E-state index in [-0.39, 0.29) is 12.0 Å². The van der Waals surface area contributed by atoms with Crippen molar-refractivity contribution in [2.24, 2.45) is 5.92 Å². The minimum Gasteiger partial charge on any atom is -0.377 e. The van der Waals surface area contributed by atoms with Gasteiger partial charge in [-0.15, -0.1) is 0 Å². The molecule has 1 aromatic carbocycles. The molecule has 4 fully saturated rings. The predicted octanol–water partition coefficient (Wildman–Crippen LogP) is 3.10. The van der Waals surface area contributed by atoms with Crippen molar-refractivity contribution in [1.29, 1.82) is 0 Å². The molecule has 5 heteroatoms. The van der Waals surface area contributed by atoms with Gasteiger partial charge in [0.1, 0.15) is 11.4 Å². The van der Waals surface area contributed by atoms with Crippen LogP contribution in [0, 0.1) is 17.8 Å². The fraction of sp³-hybridized carbons (Fsp3) is 0.519. The number of nitrogens with zero attached hydrogens (tertiary/aromatic N) is 3. The third-order valence-corrected chi connectivity index (χ3v) is 7.19. The molecule has 0 unspecified atom stereocenters. The van der Waals surface area contributed by atoms with Crippen LogP contribution < -0.4 is 4.90 Å². The fourth-order valence-electron chi connectivity index (χ4n) is 5.37. The van der Waals surface area contributed by atoms with Gasteiger partial charge < -0.3 is 14.7 Å². The highest BCUT2D eigenvalue weighted by molar-refractivity contribution is 5.50. The number of hydrogen-bond donors (Lipinski definition) is 1. The smallest absolute Gasteiger partial charge is 0.141 e. The predicted molar refractivity (Wildman–Crippen MR) is 127 cm³/mol. The number of ether oxygens (including phenoxy) is 1. The highest BCUT2D eigenvalue weighted by Crippen LogP contribution is 2.35. The van der Waals surface area contributed by atoms with Crippen LogP contribution >= 0.6 is 0 Å². The van der Waals surface area contributed by atoms with E-state index in [1.54, 1.807) is 0 Å². The SMILES string of the molecule is CCO[C@@H]1CCN(c2ccc(C#C[C@@]3(O)CN4CCC3CC4)c(Cc3ccccc3)n2)C1. The largest absolute Gasteiger partial charge is 0.377 e. The van der Waals surface area contributed by atoms with Crippen LogP contribution in [-0.2, 0) is 11.2 Å². The summed E-state index contributed by atoms with van der Waals surface area (Å²) in [4.78, 5) is 9.70. The summed E-state index contributed by atoms with van der Waals surface area (Å²) in [6, 6.07) is 14.6. The van der Waals surface area contributed by atoms with Crippen molar-refractivity contribution in [3.63, 3.8) is 0 Å². The standard InChI is InChI=1S/C27H33N3O2/c1-2-32-24-13-17-30(19-24)26-9-8-22(25(28-26)18-21-6-4-3-5-7-21)10-14-27(31)20-29-15-11-23(27)12-16-29/h3-9,23-24,31H,2,11-13,15-20H2,1H3/t24-,27-/m1/s1. The van der Waals surface area contributed by atoms with Crippen molar-refractivity contribution in [3.05, 3.63) is 59.3 Å². The van der Waals surface area contributed by atoms with Gasteiger partial charge in [-0.3, -0.25) is 4.90 Å². The number of aliphatic hydroxyl groups is 1. The molecular weight excluding hydrogens is 398 g/mol. The highest BCUT2D eigenvalue weighted by Gasteiger charge is 2.44. The second-order valence-corrected chi connectivity index (χ2v) is 9.36. The Labute approximate surface area is 191 Å². The van der Waals surface area contributed by atoms with Crippen LogP contribution in [0.25, 0.3) is 0 Å². The number of hydrogen-bond acceptors (Lipinski definition) is 5. The second kappa shape index (κ2) is 9.23. The summed E-state index contributed by atoms with van der Waals surface area (Å²) in [6.07, 6.45) is 4.13. The van der Waals surface area contributed by atoms with Crippen LogP contribution in [0.3, 0.4) is 0 Å². The Morgan fingerprint density at radius 2 is 1.91 bits per heavy atom. The molecule has 0 aliphatic carbocycles. The first kappa shape index (κ1) is 21.5. The van der Waals surface area contributed by atoms with Gasteiger partial charge in [0.15, 0.2) is 0 Å². The van der Waals surface area contributed by atoms with E-state index in [2.05, 4.69) is 65.0 Å². The second-order valence-electron chi connectivity index (χ2n) is 9.36. The average Bonchev–Trinajstić information content (AvgIpc) is 3.28. The fourth-order valence-corrected chi connectivity index (χ4v) is 5.37. The maximum Gasteiger partial charge on any atom is 0.141 e. The van der Waals surface area contributed by atoms with Crippen molar-refractivity contribution in [1.82, 2.24) is 9.88 Å². The lowest BCUT2D eigenvalue weighted by molar-refractivity contribution is -0.0713. The Bertz CT molecular complexity index is 991. The van der Waals surface area contributed by atoms with Gasteiger partial charge in [-0.25, -0.2) is 4.98 Å². The summed E-state index contributed by atoms with van der Waals surface area (Å²) in [5.74, 6) is 7.89. The molecular formula is C27H33N3O2. The van der Waals surface area contributed by atoms with Gasteiger partial charge in [0.25, 0.3) is 0 Å². The van der Waals surface area contributed by atoms with Gasteiger partial charge in [0.05, 0.1) is 11.8 Å². The van der Waals surface area contributed by atoms with E-state index in [9.17, 15) is 5.11 Å². The molecule has 5 nitrogen and oxygen atoms in total. The Morgan fingerprint density at radius 3 is 2.62 bits per heavy atom. The number of aromatic nitrogens is 1. The summed E-state index contributed by atoms with van der Waals surface area (Å²) in [5, 5.41) is 11.3. The molecule has 0 radical (unpaired) electrons. The molecule has 168 valence electrons. The molecule has 0 amide bonds. The molecule has 2 aromatic rings. The molecule has 5 heterocycles. The highest BCUT2D eigenvalue weighted by atomic mass is 16.5. The summed E-state index contributed by atoms with van der Waals surface area (Å²) >= 11 is 0. The summed E-state index contributed by atoms with van der Waals surface area (Å²) in [7, 11) is 0. The van der Waals surface area contributed by atoms with Gasteiger partial charge in [-0.2, -0.15) is 0 Å². The van der Waals surface area contributed by atoms with Gasteiger partial charge in [-0.1, -0.05) is 42.2 Å². The zero-order valence-electron chi connectivity index (χ0n) is 19.0. The molecule has 4 saturated heterocycles. The Kier molecular flexibility index (Phi) is 6.19. The molecule has 4 aliphatic heterocycles. The van der Waals surface area contributed by atoms with Crippen molar-refractivity contribution >= 4 is 5.82 Å². The zero-order chi connectivity index (χ0) is 22.0. The van der Waals surface area contributed by atoms with Gasteiger partial charge in [0.2, 0.25) is 0 Å². The molecule has 1 aromatic heterocycles. The van der Waals surface area contributed by atoms with E-state index in [4.69, 9.17) is 9.72 Å². The number of benzene rings is 1. The monoisotopic (exact) mass is 431 g/mol. The lowest BCUT2D eigenvalue weighted by Gasteiger charge is -2.47. The zero-order valence-corrected chi connectivity index (χ0v) is 19.0. The maximum absolute atomic E-state index is 11.3. The molecule has 0 saturated carbocycles. The minimum atomic E-state index is -0.904. The summed E-state index contributed by atoms with van der Waals surface area (Å²) in [6.45, 7) is 7.48. The first-order valence-electron chi connectivity index (χ1n) is 12.0. The van der Waals surface area contributed by atoms with Gasteiger partial charge in [-0.05, 0) is 57.0 Å². The third-order valence-electron chi connectivity index (χ3n) is 7.19. The number of fused-ring (bicyclic) bond motifs is 3. The number of piperidine rings is 3. The molecule has 2 bridgehead atoms. The van der Waals surface area contributed by atoms with Crippen LogP contribution in [0.2, 0.25) is 0 Å². The topological polar surface area (TPSA) is 48.8 Å². The molecule has 0 spiro atoms. The number of pyridine rings is 1.